The summed E-state index contributed by atoms with van der Waals surface area (Å²) in [6.07, 6.45) is 2.70. The molecule has 0 amide bonds. The molecule has 0 spiro atoms. The van der Waals surface area contributed by atoms with Crippen LogP contribution in [0.5, 0.6) is 0 Å². The number of halogens is 2. The van der Waals surface area contributed by atoms with Gasteiger partial charge in [-0.25, -0.2) is 4.98 Å². The maximum Gasteiger partial charge on any atom is 0.222 e. The molecule has 2 N–H and O–H groups in total. The molecule has 2 heterocycles. The number of nitrogen functional groups attached to an aromatic ring is 1. The maximum atomic E-state index is 13.4. The van der Waals surface area contributed by atoms with Crippen LogP contribution < -0.4 is 5.73 Å². The van der Waals surface area contributed by atoms with Crippen LogP contribution in [-0.2, 0) is 7.05 Å². The van der Waals surface area contributed by atoms with E-state index in [1.807, 2.05) is 0 Å². The third-order valence-corrected chi connectivity index (χ3v) is 2.23. The Hall–Kier alpha value is -1.62. The summed E-state index contributed by atoms with van der Waals surface area (Å²) < 4.78 is 14.9. The van der Waals surface area contributed by atoms with Crippen molar-refractivity contribution in [2.45, 2.75) is 0 Å². The SMILES string of the molecule is Cn1ncc(N)c1-c1cc(Cl)cnc1F. The number of hydrogen-bond acceptors (Lipinski definition) is 3. The Balaban J connectivity index is 2.68. The fraction of sp³-hybridized carbons (Fsp3) is 0.111. The lowest BCUT2D eigenvalue weighted by Gasteiger charge is -2.04. The Morgan fingerprint density at radius 1 is 1.47 bits per heavy atom. The van der Waals surface area contributed by atoms with Crippen molar-refractivity contribution in [2.75, 3.05) is 5.73 Å². The van der Waals surface area contributed by atoms with Gasteiger partial charge in [0.15, 0.2) is 0 Å². The largest absolute Gasteiger partial charge is 0.396 e. The first kappa shape index (κ1) is 9.92. The predicted molar refractivity (Wildman–Crippen MR) is 55.8 cm³/mol. The van der Waals surface area contributed by atoms with Gasteiger partial charge in [0.2, 0.25) is 5.95 Å². The van der Waals surface area contributed by atoms with Gasteiger partial charge in [-0.15, -0.1) is 0 Å². The van der Waals surface area contributed by atoms with E-state index >= 15 is 0 Å². The van der Waals surface area contributed by atoms with Crippen LogP contribution in [0.15, 0.2) is 18.5 Å². The Bertz CT molecular complexity index is 489. The van der Waals surface area contributed by atoms with E-state index in [1.54, 1.807) is 7.05 Å². The predicted octanol–water partition coefficient (Wildman–Crippen LogP) is 1.86. The van der Waals surface area contributed by atoms with E-state index in [0.29, 0.717) is 16.4 Å². The number of hydrogen-bond donors (Lipinski definition) is 1. The lowest BCUT2D eigenvalue weighted by molar-refractivity contribution is 0.585. The van der Waals surface area contributed by atoms with Gasteiger partial charge in [-0.05, 0) is 6.07 Å². The molecule has 0 aliphatic rings. The topological polar surface area (TPSA) is 56.7 Å². The molecule has 0 unspecified atom stereocenters. The van der Waals surface area contributed by atoms with Crippen molar-refractivity contribution in [3.63, 3.8) is 0 Å². The molecule has 2 aromatic heterocycles. The van der Waals surface area contributed by atoms with Gasteiger partial charge < -0.3 is 5.73 Å². The maximum absolute atomic E-state index is 13.4. The van der Waals surface area contributed by atoms with E-state index in [4.69, 9.17) is 17.3 Å². The molecule has 0 radical (unpaired) electrons. The number of aromatic nitrogens is 3. The highest BCUT2D eigenvalue weighted by Gasteiger charge is 2.14. The van der Waals surface area contributed by atoms with Crippen LogP contribution in [0.2, 0.25) is 5.02 Å². The van der Waals surface area contributed by atoms with Crippen molar-refractivity contribution in [1.82, 2.24) is 14.8 Å². The van der Waals surface area contributed by atoms with Crippen LogP contribution in [0, 0.1) is 5.95 Å². The normalized spacial score (nSPS) is 10.6. The zero-order valence-corrected chi connectivity index (χ0v) is 8.66. The Labute approximate surface area is 90.5 Å². The number of anilines is 1. The van der Waals surface area contributed by atoms with E-state index < -0.39 is 5.95 Å². The fourth-order valence-corrected chi connectivity index (χ4v) is 1.53. The quantitative estimate of drug-likeness (QED) is 0.755. The summed E-state index contributed by atoms with van der Waals surface area (Å²) in [4.78, 5) is 3.52. The van der Waals surface area contributed by atoms with Crippen LogP contribution in [0.25, 0.3) is 11.3 Å². The molecule has 0 atom stereocenters. The van der Waals surface area contributed by atoms with Crippen molar-refractivity contribution in [3.8, 4) is 11.3 Å². The molecule has 15 heavy (non-hydrogen) atoms. The molecule has 4 nitrogen and oxygen atoms in total. The van der Waals surface area contributed by atoms with E-state index in [9.17, 15) is 4.39 Å². The molecular weight excluding hydrogens is 219 g/mol. The van der Waals surface area contributed by atoms with Gasteiger partial charge >= 0.3 is 0 Å². The molecule has 6 heteroatoms. The van der Waals surface area contributed by atoms with Crippen molar-refractivity contribution >= 4 is 17.3 Å². The minimum Gasteiger partial charge on any atom is -0.396 e. The van der Waals surface area contributed by atoms with Crippen molar-refractivity contribution < 1.29 is 4.39 Å². The molecule has 0 fully saturated rings. The van der Waals surface area contributed by atoms with Gasteiger partial charge in [0.1, 0.15) is 0 Å². The van der Waals surface area contributed by atoms with E-state index in [1.165, 1.54) is 23.1 Å². The van der Waals surface area contributed by atoms with Crippen molar-refractivity contribution in [2.24, 2.45) is 7.05 Å². The highest BCUT2D eigenvalue weighted by atomic mass is 35.5. The number of aryl methyl sites for hydroxylation is 1. The lowest BCUT2D eigenvalue weighted by Crippen LogP contribution is -1.99. The standard InChI is InChI=1S/C9H8ClFN4/c1-15-8(7(12)4-14-15)6-2-5(10)3-13-9(6)11/h2-4H,12H2,1H3. The molecule has 0 aliphatic carbocycles. The summed E-state index contributed by atoms with van der Waals surface area (Å²) in [7, 11) is 1.67. The monoisotopic (exact) mass is 226 g/mol. The summed E-state index contributed by atoms with van der Waals surface area (Å²) in [6, 6.07) is 1.47. The summed E-state index contributed by atoms with van der Waals surface area (Å²) >= 11 is 5.74. The molecule has 2 rings (SSSR count). The Kier molecular flexibility index (Phi) is 2.32. The van der Waals surface area contributed by atoms with Crippen LogP contribution in [0.1, 0.15) is 0 Å². The first-order valence-corrected chi connectivity index (χ1v) is 4.56. The van der Waals surface area contributed by atoms with Crippen molar-refractivity contribution in [1.29, 1.82) is 0 Å². The van der Waals surface area contributed by atoms with Gasteiger partial charge in [-0.3, -0.25) is 4.68 Å². The molecule has 0 aromatic carbocycles. The average Bonchev–Trinajstić information content (AvgIpc) is 2.51. The fourth-order valence-electron chi connectivity index (χ4n) is 1.37. The summed E-state index contributed by atoms with van der Waals surface area (Å²) in [5, 5.41) is 4.27. The summed E-state index contributed by atoms with van der Waals surface area (Å²) in [6.45, 7) is 0. The zero-order chi connectivity index (χ0) is 11.0. The lowest BCUT2D eigenvalue weighted by atomic mass is 10.2. The van der Waals surface area contributed by atoms with Crippen LogP contribution in [0.4, 0.5) is 10.1 Å². The van der Waals surface area contributed by atoms with Gasteiger partial charge in [0.05, 0.1) is 28.2 Å². The van der Waals surface area contributed by atoms with E-state index in [-0.39, 0.29) is 5.56 Å². The number of rotatable bonds is 1. The zero-order valence-electron chi connectivity index (χ0n) is 7.91. The second-order valence-corrected chi connectivity index (χ2v) is 3.50. The molecule has 0 aliphatic heterocycles. The third kappa shape index (κ3) is 1.66. The second kappa shape index (κ2) is 3.51. The summed E-state index contributed by atoms with van der Waals surface area (Å²) in [5.74, 6) is -0.616. The van der Waals surface area contributed by atoms with Gasteiger partial charge in [-0.1, -0.05) is 11.6 Å². The molecule has 78 valence electrons. The minimum absolute atomic E-state index is 0.250. The molecular formula is C9H8ClFN4. The van der Waals surface area contributed by atoms with E-state index in [0.717, 1.165) is 0 Å². The molecule has 0 bridgehead atoms. The molecule has 2 aromatic rings. The number of pyridine rings is 1. The molecule has 0 saturated heterocycles. The smallest absolute Gasteiger partial charge is 0.222 e. The van der Waals surface area contributed by atoms with Gasteiger partial charge in [0, 0.05) is 13.2 Å². The third-order valence-electron chi connectivity index (χ3n) is 2.03. The van der Waals surface area contributed by atoms with Crippen LogP contribution >= 0.6 is 11.6 Å². The second-order valence-electron chi connectivity index (χ2n) is 3.06. The highest BCUT2D eigenvalue weighted by molar-refractivity contribution is 6.30. The van der Waals surface area contributed by atoms with Crippen LogP contribution in [-0.4, -0.2) is 14.8 Å². The number of nitrogens with two attached hydrogens (primary N) is 1. The minimum atomic E-state index is -0.616. The van der Waals surface area contributed by atoms with Crippen molar-refractivity contribution in [3.05, 3.63) is 29.4 Å². The van der Waals surface area contributed by atoms with Crippen LogP contribution in [0.3, 0.4) is 0 Å². The Morgan fingerprint density at radius 3 is 2.80 bits per heavy atom. The van der Waals surface area contributed by atoms with Gasteiger partial charge in [0.25, 0.3) is 0 Å². The first-order valence-electron chi connectivity index (χ1n) is 4.18. The highest BCUT2D eigenvalue weighted by Crippen LogP contribution is 2.28. The Morgan fingerprint density at radius 2 is 2.20 bits per heavy atom. The summed E-state index contributed by atoms with van der Waals surface area (Å²) in [5.41, 5.74) is 6.79. The van der Waals surface area contributed by atoms with Gasteiger partial charge in [-0.2, -0.15) is 9.49 Å². The van der Waals surface area contributed by atoms with E-state index in [2.05, 4.69) is 10.1 Å². The molecule has 0 saturated carbocycles. The first-order chi connectivity index (χ1) is 7.09. The number of nitrogens with zero attached hydrogens (tertiary/aromatic N) is 3. The average molecular weight is 227 g/mol.